The Morgan fingerprint density at radius 1 is 1.50 bits per heavy atom. The number of ether oxygens (including phenoxy) is 1. The van der Waals surface area contributed by atoms with Crippen LogP contribution in [0.25, 0.3) is 0 Å². The first kappa shape index (κ1) is 13.6. The predicted molar refractivity (Wildman–Crippen MR) is 72.4 cm³/mol. The van der Waals surface area contributed by atoms with E-state index in [2.05, 4.69) is 30.5 Å². The molecule has 102 valence electrons. The van der Waals surface area contributed by atoms with Gasteiger partial charge in [0.2, 0.25) is 0 Å². The Morgan fingerprint density at radius 2 is 2.22 bits per heavy atom. The number of rotatable bonds is 5. The van der Waals surface area contributed by atoms with Gasteiger partial charge in [0.05, 0.1) is 5.69 Å². The molecule has 1 fully saturated rings. The quantitative estimate of drug-likeness (QED) is 0.868. The highest BCUT2D eigenvalue weighted by Gasteiger charge is 2.20. The van der Waals surface area contributed by atoms with Gasteiger partial charge in [-0.25, -0.2) is 0 Å². The van der Waals surface area contributed by atoms with E-state index in [1.165, 1.54) is 24.1 Å². The van der Waals surface area contributed by atoms with Gasteiger partial charge in [0.15, 0.2) is 0 Å². The molecule has 1 aliphatic heterocycles. The number of aromatic nitrogens is 2. The molecule has 0 aliphatic carbocycles. The smallest absolute Gasteiger partial charge is 0.0666 e. The van der Waals surface area contributed by atoms with Gasteiger partial charge in [-0.2, -0.15) is 5.10 Å². The topological polar surface area (TPSA) is 39.1 Å². The van der Waals surface area contributed by atoms with Gasteiger partial charge >= 0.3 is 0 Å². The molecule has 2 heterocycles. The summed E-state index contributed by atoms with van der Waals surface area (Å²) in [5, 5.41) is 8.12. The van der Waals surface area contributed by atoms with E-state index in [1.54, 1.807) is 0 Å². The van der Waals surface area contributed by atoms with E-state index in [0.29, 0.717) is 6.04 Å². The highest BCUT2D eigenvalue weighted by molar-refractivity contribution is 5.16. The van der Waals surface area contributed by atoms with Crippen LogP contribution in [0.15, 0.2) is 6.20 Å². The lowest BCUT2D eigenvalue weighted by Crippen LogP contribution is -2.36. The van der Waals surface area contributed by atoms with Crippen LogP contribution >= 0.6 is 0 Å². The van der Waals surface area contributed by atoms with E-state index in [4.69, 9.17) is 4.74 Å². The van der Waals surface area contributed by atoms with Crippen molar-refractivity contribution in [2.75, 3.05) is 13.2 Å². The van der Waals surface area contributed by atoms with Gasteiger partial charge < -0.3 is 10.1 Å². The molecule has 18 heavy (non-hydrogen) atoms. The number of hydrogen-bond acceptors (Lipinski definition) is 3. The van der Waals surface area contributed by atoms with E-state index in [-0.39, 0.29) is 0 Å². The normalized spacial score (nSPS) is 19.1. The van der Waals surface area contributed by atoms with Crippen LogP contribution in [-0.4, -0.2) is 29.0 Å². The molecule has 1 unspecified atom stereocenters. The largest absolute Gasteiger partial charge is 0.381 e. The Hall–Kier alpha value is -0.870. The van der Waals surface area contributed by atoms with E-state index < -0.39 is 0 Å². The summed E-state index contributed by atoms with van der Waals surface area (Å²) < 4.78 is 7.32. The minimum Gasteiger partial charge on any atom is -0.381 e. The van der Waals surface area contributed by atoms with Crippen molar-refractivity contribution in [2.45, 2.75) is 45.7 Å². The monoisotopic (exact) mass is 251 g/mol. The van der Waals surface area contributed by atoms with E-state index in [0.717, 1.165) is 32.1 Å². The van der Waals surface area contributed by atoms with Gasteiger partial charge in [0, 0.05) is 44.6 Å². The molecule has 2 rings (SSSR count). The lowest BCUT2D eigenvalue weighted by molar-refractivity contribution is 0.0558. The fourth-order valence-corrected chi connectivity index (χ4v) is 2.68. The summed E-state index contributed by atoms with van der Waals surface area (Å²) >= 11 is 0. The molecule has 0 spiro atoms. The highest BCUT2D eigenvalue weighted by Crippen LogP contribution is 2.19. The second-order valence-electron chi connectivity index (χ2n) is 5.25. The Balaban J connectivity index is 1.86. The van der Waals surface area contributed by atoms with Crippen LogP contribution in [0.1, 0.15) is 37.9 Å². The maximum absolute atomic E-state index is 5.41. The van der Waals surface area contributed by atoms with Gasteiger partial charge in [-0.05, 0) is 32.1 Å². The third-order valence-electron chi connectivity index (χ3n) is 3.91. The van der Waals surface area contributed by atoms with Crippen LogP contribution in [-0.2, 0) is 24.8 Å². The van der Waals surface area contributed by atoms with Crippen molar-refractivity contribution in [1.82, 2.24) is 15.1 Å². The van der Waals surface area contributed by atoms with Crippen LogP contribution < -0.4 is 5.32 Å². The van der Waals surface area contributed by atoms with Crippen molar-refractivity contribution in [2.24, 2.45) is 13.0 Å². The molecule has 1 aliphatic rings. The van der Waals surface area contributed by atoms with Crippen molar-refractivity contribution >= 4 is 0 Å². The second-order valence-corrected chi connectivity index (χ2v) is 5.25. The number of nitrogens with zero attached hydrogens (tertiary/aromatic N) is 2. The van der Waals surface area contributed by atoms with Crippen molar-refractivity contribution in [3.8, 4) is 0 Å². The van der Waals surface area contributed by atoms with Crippen molar-refractivity contribution in [3.05, 3.63) is 17.5 Å². The van der Waals surface area contributed by atoms with E-state index >= 15 is 0 Å². The summed E-state index contributed by atoms with van der Waals surface area (Å²) in [7, 11) is 1.99. The summed E-state index contributed by atoms with van der Waals surface area (Å²) in [6, 6.07) is 0.554. The SMILES string of the molecule is CCc1nn(C)cc1CNC(C)C1CCOCC1. The molecule has 1 saturated heterocycles. The molecule has 0 amide bonds. The summed E-state index contributed by atoms with van der Waals surface area (Å²) in [5.41, 5.74) is 2.54. The molecule has 4 nitrogen and oxygen atoms in total. The zero-order valence-corrected chi connectivity index (χ0v) is 11.8. The van der Waals surface area contributed by atoms with Gasteiger partial charge in [0.1, 0.15) is 0 Å². The first-order valence-electron chi connectivity index (χ1n) is 7.03. The van der Waals surface area contributed by atoms with Gasteiger partial charge in [-0.1, -0.05) is 6.92 Å². The third-order valence-corrected chi connectivity index (χ3v) is 3.91. The minimum atomic E-state index is 0.554. The fourth-order valence-electron chi connectivity index (χ4n) is 2.68. The van der Waals surface area contributed by atoms with E-state index in [1.807, 2.05) is 11.7 Å². The summed E-state index contributed by atoms with van der Waals surface area (Å²) in [5.74, 6) is 0.750. The molecule has 0 bridgehead atoms. The molecule has 1 N–H and O–H groups in total. The Labute approximate surface area is 110 Å². The number of hydrogen-bond donors (Lipinski definition) is 1. The molecular weight excluding hydrogens is 226 g/mol. The standard InChI is InChI=1S/C14H25N3O/c1-4-14-13(10-17(3)16-14)9-15-11(2)12-5-7-18-8-6-12/h10-12,15H,4-9H2,1-3H3. The predicted octanol–water partition coefficient (Wildman–Crippen LogP) is 1.89. The van der Waals surface area contributed by atoms with Gasteiger partial charge in [-0.3, -0.25) is 4.68 Å². The van der Waals surface area contributed by atoms with E-state index in [9.17, 15) is 0 Å². The van der Waals surface area contributed by atoms with Crippen LogP contribution in [0.2, 0.25) is 0 Å². The van der Waals surface area contributed by atoms with Crippen LogP contribution in [0, 0.1) is 5.92 Å². The zero-order valence-electron chi connectivity index (χ0n) is 11.8. The Morgan fingerprint density at radius 3 is 2.89 bits per heavy atom. The molecule has 0 radical (unpaired) electrons. The lowest BCUT2D eigenvalue weighted by atomic mass is 9.93. The first-order chi connectivity index (χ1) is 8.70. The number of nitrogens with one attached hydrogen (secondary N) is 1. The molecule has 1 aromatic rings. The molecular formula is C14H25N3O. The Bertz CT molecular complexity index is 369. The van der Waals surface area contributed by atoms with Crippen molar-refractivity contribution in [1.29, 1.82) is 0 Å². The average Bonchev–Trinajstić information content (AvgIpc) is 2.77. The second kappa shape index (κ2) is 6.34. The molecule has 0 aromatic carbocycles. The molecule has 0 saturated carbocycles. The van der Waals surface area contributed by atoms with Gasteiger partial charge in [0.25, 0.3) is 0 Å². The van der Waals surface area contributed by atoms with Crippen LogP contribution in [0.5, 0.6) is 0 Å². The summed E-state index contributed by atoms with van der Waals surface area (Å²) in [4.78, 5) is 0. The van der Waals surface area contributed by atoms with Crippen LogP contribution in [0.3, 0.4) is 0 Å². The molecule has 4 heteroatoms. The molecule has 1 atom stereocenters. The van der Waals surface area contributed by atoms with Gasteiger partial charge in [-0.15, -0.1) is 0 Å². The minimum absolute atomic E-state index is 0.554. The lowest BCUT2D eigenvalue weighted by Gasteiger charge is -2.28. The summed E-state index contributed by atoms with van der Waals surface area (Å²) in [6.45, 7) is 7.22. The molecule has 1 aromatic heterocycles. The fraction of sp³-hybridized carbons (Fsp3) is 0.786. The summed E-state index contributed by atoms with van der Waals surface area (Å²) in [6.07, 6.45) is 5.50. The highest BCUT2D eigenvalue weighted by atomic mass is 16.5. The zero-order chi connectivity index (χ0) is 13.0. The first-order valence-corrected chi connectivity index (χ1v) is 7.03. The maximum atomic E-state index is 5.41. The number of aryl methyl sites for hydroxylation is 2. The van der Waals surface area contributed by atoms with Crippen LogP contribution in [0.4, 0.5) is 0 Å². The maximum Gasteiger partial charge on any atom is 0.0666 e. The van der Waals surface area contributed by atoms with Crippen molar-refractivity contribution < 1.29 is 4.74 Å². The average molecular weight is 251 g/mol. The third kappa shape index (κ3) is 3.33. The Kier molecular flexibility index (Phi) is 4.78. The van der Waals surface area contributed by atoms with Crippen molar-refractivity contribution in [3.63, 3.8) is 0 Å².